The number of anilines is 1. The molecule has 6 heteroatoms. The summed E-state index contributed by atoms with van der Waals surface area (Å²) in [6, 6.07) is 75.1. The Morgan fingerprint density at radius 2 is 0.839 bits per heavy atom. The summed E-state index contributed by atoms with van der Waals surface area (Å²) in [4.78, 5) is 5.55. The second-order valence-corrected chi connectivity index (χ2v) is 13.7. The van der Waals surface area contributed by atoms with Crippen LogP contribution in [0, 0.1) is 0 Å². The number of nitrogens with one attached hydrogen (secondary N) is 1. The highest BCUT2D eigenvalue weighted by molar-refractivity contribution is 5.79. The fraction of sp³-hybridized carbons (Fsp3) is 0.0600. The van der Waals surface area contributed by atoms with E-state index in [2.05, 4.69) is 163 Å². The van der Waals surface area contributed by atoms with Crippen LogP contribution in [0.2, 0.25) is 0 Å². The Hall–Kier alpha value is -7.31. The maximum Gasteiger partial charge on any atom is 0.182 e. The van der Waals surface area contributed by atoms with Crippen LogP contribution >= 0.6 is 0 Å². The number of aromatic nitrogens is 4. The van der Waals surface area contributed by atoms with Gasteiger partial charge in [-0.05, 0) is 38.9 Å². The Labute approximate surface area is 326 Å². The first-order valence-electron chi connectivity index (χ1n) is 18.8. The summed E-state index contributed by atoms with van der Waals surface area (Å²) < 4.78 is 8.71. The van der Waals surface area contributed by atoms with E-state index in [9.17, 15) is 0 Å². The van der Waals surface area contributed by atoms with Gasteiger partial charge in [0.25, 0.3) is 0 Å². The predicted molar refractivity (Wildman–Crippen MR) is 224 cm³/mol. The molecule has 1 N–H and O–H groups in total. The monoisotopic (exact) mass is 725 g/mol. The molecule has 0 saturated carbocycles. The van der Waals surface area contributed by atoms with E-state index >= 15 is 0 Å². The molecular weight excluding hydrogens is 687 g/mol. The lowest BCUT2D eigenvalue weighted by Gasteiger charge is -2.38. The van der Waals surface area contributed by atoms with E-state index in [4.69, 9.17) is 20.0 Å². The zero-order valence-electron chi connectivity index (χ0n) is 30.7. The Kier molecular flexibility index (Phi) is 9.36. The summed E-state index contributed by atoms with van der Waals surface area (Å²) in [6.07, 6.45) is 0. The molecule has 0 amide bonds. The van der Waals surface area contributed by atoms with E-state index < -0.39 is 11.1 Å². The van der Waals surface area contributed by atoms with Gasteiger partial charge in [0.2, 0.25) is 0 Å². The number of nitrogens with zero attached hydrogens (tertiary/aromatic N) is 4. The minimum Gasteiger partial charge on any atom is -0.485 e. The van der Waals surface area contributed by atoms with Gasteiger partial charge >= 0.3 is 0 Å². The summed E-state index contributed by atoms with van der Waals surface area (Å²) >= 11 is 0. The third-order valence-corrected chi connectivity index (χ3v) is 10.4. The molecule has 0 bridgehead atoms. The van der Waals surface area contributed by atoms with Crippen molar-refractivity contribution in [3.05, 3.63) is 257 Å². The molecule has 0 aliphatic heterocycles. The van der Waals surface area contributed by atoms with Gasteiger partial charge in [-0.15, -0.1) is 5.10 Å². The molecule has 9 rings (SSSR count). The largest absolute Gasteiger partial charge is 0.485 e. The van der Waals surface area contributed by atoms with E-state index in [1.807, 2.05) is 65.3 Å². The molecule has 2 heterocycles. The average molecular weight is 726 g/mol. The van der Waals surface area contributed by atoms with Gasteiger partial charge in [0.05, 0.1) is 0 Å². The number of fused-ring (bicyclic) bond motifs is 1. The maximum atomic E-state index is 6.73. The van der Waals surface area contributed by atoms with Crippen molar-refractivity contribution in [2.45, 2.75) is 17.7 Å². The van der Waals surface area contributed by atoms with Crippen molar-refractivity contribution in [1.29, 1.82) is 0 Å². The highest BCUT2D eigenvalue weighted by Crippen LogP contribution is 2.45. The highest BCUT2D eigenvalue weighted by Gasteiger charge is 2.42. The van der Waals surface area contributed by atoms with Crippen LogP contribution in [0.5, 0.6) is 5.75 Å². The molecule has 0 fully saturated rings. The third kappa shape index (κ3) is 6.17. The molecule has 0 unspecified atom stereocenters. The number of rotatable bonds is 12. The highest BCUT2D eigenvalue weighted by atomic mass is 16.5. The molecule has 9 aromatic rings. The van der Waals surface area contributed by atoms with E-state index in [1.165, 1.54) is 0 Å². The van der Waals surface area contributed by atoms with Gasteiger partial charge in [-0.3, -0.25) is 0 Å². The van der Waals surface area contributed by atoms with Crippen molar-refractivity contribution < 1.29 is 4.74 Å². The lowest BCUT2D eigenvalue weighted by Crippen LogP contribution is -2.39. The summed E-state index contributed by atoms with van der Waals surface area (Å²) in [5.41, 5.74) is 6.67. The van der Waals surface area contributed by atoms with Crippen molar-refractivity contribution in [2.75, 3.05) is 5.32 Å². The van der Waals surface area contributed by atoms with E-state index in [1.54, 1.807) is 0 Å². The molecule has 0 aliphatic rings. The Bertz CT molecular complexity index is 2440. The first-order valence-corrected chi connectivity index (χ1v) is 18.8. The molecule has 56 heavy (non-hydrogen) atoms. The smallest absolute Gasteiger partial charge is 0.182 e. The van der Waals surface area contributed by atoms with Crippen LogP contribution in [0.25, 0.3) is 11.2 Å². The summed E-state index contributed by atoms with van der Waals surface area (Å²) in [7, 11) is 0. The molecule has 6 nitrogen and oxygen atoms in total. The number of pyridine rings is 1. The first-order chi connectivity index (χ1) is 27.8. The topological polar surface area (TPSA) is 64.9 Å². The molecule has 2 aromatic heterocycles. The van der Waals surface area contributed by atoms with Crippen LogP contribution in [0.4, 0.5) is 5.82 Å². The van der Waals surface area contributed by atoms with Crippen molar-refractivity contribution in [1.82, 2.24) is 20.0 Å². The van der Waals surface area contributed by atoms with E-state index in [-0.39, 0.29) is 0 Å². The van der Waals surface area contributed by atoms with E-state index in [0.29, 0.717) is 29.3 Å². The lowest BCUT2D eigenvalue weighted by molar-refractivity contribution is 0.306. The van der Waals surface area contributed by atoms with Crippen LogP contribution in [0.3, 0.4) is 0 Å². The minimum absolute atomic E-state index is 0.341. The molecule has 0 radical (unpaired) electrons. The predicted octanol–water partition coefficient (Wildman–Crippen LogP) is 10.6. The lowest BCUT2D eigenvalue weighted by atomic mass is 9.77. The van der Waals surface area contributed by atoms with Crippen molar-refractivity contribution in [3.63, 3.8) is 0 Å². The third-order valence-electron chi connectivity index (χ3n) is 10.4. The fourth-order valence-corrected chi connectivity index (χ4v) is 7.86. The Morgan fingerprint density at radius 1 is 0.464 bits per heavy atom. The van der Waals surface area contributed by atoms with Gasteiger partial charge in [-0.2, -0.15) is 0 Å². The van der Waals surface area contributed by atoms with Crippen LogP contribution in [-0.4, -0.2) is 20.0 Å². The SMILES string of the molecule is c1ccc(COc2cc3nnn(C(c4ccccc4)(c4ccccc4)c4ccccc4)c3nc2NC(c2ccccc2)(c2ccccc2)c2ccccc2)cc1. The van der Waals surface area contributed by atoms with Crippen molar-refractivity contribution in [2.24, 2.45) is 0 Å². The van der Waals surface area contributed by atoms with Crippen molar-refractivity contribution in [3.8, 4) is 5.75 Å². The Morgan fingerprint density at radius 3 is 1.25 bits per heavy atom. The van der Waals surface area contributed by atoms with Crippen LogP contribution in [-0.2, 0) is 17.7 Å². The summed E-state index contributed by atoms with van der Waals surface area (Å²) in [5, 5.41) is 13.8. The van der Waals surface area contributed by atoms with Gasteiger partial charge in [0, 0.05) is 6.07 Å². The van der Waals surface area contributed by atoms with Crippen LogP contribution in [0.1, 0.15) is 38.9 Å². The second-order valence-electron chi connectivity index (χ2n) is 13.7. The zero-order valence-corrected chi connectivity index (χ0v) is 30.7. The zero-order chi connectivity index (χ0) is 37.6. The molecular formula is C50H39N5O. The van der Waals surface area contributed by atoms with E-state index in [0.717, 1.165) is 38.9 Å². The van der Waals surface area contributed by atoms with Crippen molar-refractivity contribution >= 4 is 17.0 Å². The number of benzene rings is 7. The van der Waals surface area contributed by atoms with Crippen LogP contribution in [0.15, 0.2) is 218 Å². The number of ether oxygens (including phenoxy) is 1. The van der Waals surface area contributed by atoms with Crippen LogP contribution < -0.4 is 10.1 Å². The number of hydrogen-bond acceptors (Lipinski definition) is 5. The average Bonchev–Trinajstić information content (AvgIpc) is 3.70. The standard InChI is InChI=1S/C50H39N5O/c1-8-22-38(23-9-1)37-56-46-36-45-48(51-47(46)52-49(39-24-10-2-11-25-39,40-26-12-3-13-27-40)41-28-14-4-15-29-41)55(54-53-45)50(42-30-16-5-17-31-42,43-32-18-6-19-33-43)44-34-20-7-21-35-44/h1-36H,37H2,(H,51,52). The quantitative estimate of drug-likeness (QED) is 0.127. The molecule has 0 aliphatic carbocycles. The number of hydrogen-bond donors (Lipinski definition) is 1. The first kappa shape index (κ1) is 34.5. The molecule has 270 valence electrons. The van der Waals surface area contributed by atoms with Gasteiger partial charge in [0.1, 0.15) is 23.2 Å². The second kappa shape index (κ2) is 15.2. The normalized spacial score (nSPS) is 11.6. The molecule has 7 aromatic carbocycles. The van der Waals surface area contributed by atoms with Gasteiger partial charge in [-0.25, -0.2) is 9.67 Å². The van der Waals surface area contributed by atoms with Gasteiger partial charge in [-0.1, -0.05) is 218 Å². The van der Waals surface area contributed by atoms with Gasteiger partial charge < -0.3 is 10.1 Å². The minimum atomic E-state index is -0.926. The maximum absolute atomic E-state index is 6.73. The summed E-state index contributed by atoms with van der Waals surface area (Å²) in [6.45, 7) is 0.341. The van der Waals surface area contributed by atoms with Gasteiger partial charge in [0.15, 0.2) is 17.2 Å². The summed E-state index contributed by atoms with van der Waals surface area (Å²) in [5.74, 6) is 1.11. The molecule has 0 saturated heterocycles. The molecule has 0 spiro atoms. The Balaban J connectivity index is 1.34. The fourth-order valence-electron chi connectivity index (χ4n) is 7.86. The molecule has 0 atom stereocenters.